The second-order valence-electron chi connectivity index (χ2n) is 5.54. The third-order valence-electron chi connectivity index (χ3n) is 3.74. The summed E-state index contributed by atoms with van der Waals surface area (Å²) in [5.74, 6) is 0.0610. The molecule has 2 heterocycles. The number of nitrogens with one attached hydrogen (secondary N) is 1. The molecule has 1 saturated heterocycles. The quantitative estimate of drug-likeness (QED) is 0.644. The smallest absolute Gasteiger partial charge is 0.331 e. The highest BCUT2D eigenvalue weighted by Gasteiger charge is 2.31. The summed E-state index contributed by atoms with van der Waals surface area (Å²) in [6.07, 6.45) is 1.74. The van der Waals surface area contributed by atoms with E-state index in [4.69, 9.17) is 14.2 Å². The molecule has 0 unspecified atom stereocenters. The van der Waals surface area contributed by atoms with Gasteiger partial charge >= 0.3 is 12.0 Å². The van der Waals surface area contributed by atoms with Crippen molar-refractivity contribution in [2.75, 3.05) is 26.3 Å². The first-order chi connectivity index (χ1) is 12.0. The maximum Gasteiger partial charge on any atom is 0.331 e. The Labute approximate surface area is 144 Å². The highest BCUT2D eigenvalue weighted by Crippen LogP contribution is 2.31. The van der Waals surface area contributed by atoms with Gasteiger partial charge in [0, 0.05) is 19.2 Å². The van der Waals surface area contributed by atoms with Gasteiger partial charge in [0.2, 0.25) is 0 Å². The molecule has 1 aromatic rings. The van der Waals surface area contributed by atoms with Crippen LogP contribution in [0.2, 0.25) is 0 Å². The molecule has 3 amide bonds. The summed E-state index contributed by atoms with van der Waals surface area (Å²) in [5, 5.41) is 2.52. The van der Waals surface area contributed by atoms with Gasteiger partial charge in [-0.2, -0.15) is 0 Å². The van der Waals surface area contributed by atoms with Crippen LogP contribution in [0.3, 0.4) is 0 Å². The fraction of sp³-hybridized carbons (Fsp3) is 0.353. The van der Waals surface area contributed by atoms with Crippen LogP contribution in [0.25, 0.3) is 6.08 Å². The number of fused-ring (bicyclic) bond motifs is 1. The van der Waals surface area contributed by atoms with Crippen molar-refractivity contribution in [3.8, 4) is 11.5 Å². The SMILES string of the molecule is C[C@@H](OC(=O)/C=C/c1ccc2c(c1)OCCO2)C(=O)N1CCNC1=O. The van der Waals surface area contributed by atoms with Crippen molar-refractivity contribution in [1.29, 1.82) is 0 Å². The highest BCUT2D eigenvalue weighted by atomic mass is 16.6. The summed E-state index contributed by atoms with van der Waals surface area (Å²) in [5.41, 5.74) is 0.735. The zero-order chi connectivity index (χ0) is 17.8. The topological polar surface area (TPSA) is 94.2 Å². The molecule has 0 aromatic heterocycles. The molecule has 3 rings (SSSR count). The lowest BCUT2D eigenvalue weighted by Gasteiger charge is -2.18. The largest absolute Gasteiger partial charge is 0.486 e. The highest BCUT2D eigenvalue weighted by molar-refractivity contribution is 5.99. The number of hydrogen-bond donors (Lipinski definition) is 1. The molecule has 1 fully saturated rings. The van der Waals surface area contributed by atoms with Gasteiger partial charge in [0.1, 0.15) is 13.2 Å². The van der Waals surface area contributed by atoms with Gasteiger partial charge in [0.15, 0.2) is 17.6 Å². The lowest BCUT2D eigenvalue weighted by atomic mass is 10.2. The molecule has 8 nitrogen and oxygen atoms in total. The molecule has 2 aliphatic rings. The van der Waals surface area contributed by atoms with E-state index in [0.717, 1.165) is 10.5 Å². The van der Waals surface area contributed by atoms with Gasteiger partial charge < -0.3 is 19.5 Å². The molecule has 1 N–H and O–H groups in total. The van der Waals surface area contributed by atoms with Crippen LogP contribution in [0.4, 0.5) is 4.79 Å². The molecule has 0 saturated carbocycles. The Morgan fingerprint density at radius 1 is 1.28 bits per heavy atom. The van der Waals surface area contributed by atoms with Crippen LogP contribution in [0.5, 0.6) is 11.5 Å². The number of carbonyl (C=O) groups is 3. The zero-order valence-electron chi connectivity index (χ0n) is 13.7. The summed E-state index contributed by atoms with van der Waals surface area (Å²) < 4.78 is 16.0. The van der Waals surface area contributed by atoms with Crippen molar-refractivity contribution in [1.82, 2.24) is 10.2 Å². The van der Waals surface area contributed by atoms with Crippen molar-refractivity contribution >= 4 is 24.0 Å². The van der Waals surface area contributed by atoms with Gasteiger partial charge in [-0.1, -0.05) is 6.07 Å². The van der Waals surface area contributed by atoms with Gasteiger partial charge in [-0.15, -0.1) is 0 Å². The van der Waals surface area contributed by atoms with E-state index < -0.39 is 24.0 Å². The van der Waals surface area contributed by atoms with E-state index >= 15 is 0 Å². The Morgan fingerprint density at radius 3 is 2.76 bits per heavy atom. The minimum absolute atomic E-state index is 0.270. The predicted octanol–water partition coefficient (Wildman–Crippen LogP) is 0.955. The van der Waals surface area contributed by atoms with Crippen molar-refractivity contribution in [2.24, 2.45) is 0 Å². The fourth-order valence-corrected chi connectivity index (χ4v) is 2.49. The summed E-state index contributed by atoms with van der Waals surface area (Å²) in [6.45, 7) is 3.09. The summed E-state index contributed by atoms with van der Waals surface area (Å²) in [6, 6.07) is 4.82. The number of imide groups is 1. The third kappa shape index (κ3) is 3.90. The lowest BCUT2D eigenvalue weighted by Crippen LogP contribution is -2.41. The number of ether oxygens (including phenoxy) is 3. The first-order valence-electron chi connectivity index (χ1n) is 7.92. The summed E-state index contributed by atoms with van der Waals surface area (Å²) in [7, 11) is 0. The standard InChI is InChI=1S/C17H18N2O6/c1-11(16(21)19-7-6-18-17(19)22)25-15(20)5-3-12-2-4-13-14(10-12)24-9-8-23-13/h2-5,10-11H,6-9H2,1H3,(H,18,22)/b5-3+/t11-/m1/s1. The van der Waals surface area contributed by atoms with E-state index in [9.17, 15) is 14.4 Å². The molecule has 132 valence electrons. The molecule has 1 atom stereocenters. The molecule has 0 bridgehead atoms. The monoisotopic (exact) mass is 346 g/mol. The van der Waals surface area contributed by atoms with Crippen molar-refractivity contribution in [3.63, 3.8) is 0 Å². The van der Waals surface area contributed by atoms with E-state index in [1.54, 1.807) is 24.3 Å². The third-order valence-corrected chi connectivity index (χ3v) is 3.74. The number of benzene rings is 1. The number of urea groups is 1. The first-order valence-corrected chi connectivity index (χ1v) is 7.92. The molecule has 25 heavy (non-hydrogen) atoms. The van der Waals surface area contributed by atoms with E-state index in [0.29, 0.717) is 31.3 Å². The second-order valence-corrected chi connectivity index (χ2v) is 5.54. The normalized spacial score (nSPS) is 17.3. The Bertz CT molecular complexity index is 730. The first kappa shape index (κ1) is 16.8. The predicted molar refractivity (Wildman–Crippen MR) is 87.1 cm³/mol. The average Bonchev–Trinajstić information content (AvgIpc) is 3.05. The molecule has 2 aliphatic heterocycles. The maximum atomic E-state index is 12.1. The Morgan fingerprint density at radius 2 is 2.04 bits per heavy atom. The average molecular weight is 346 g/mol. The molecule has 8 heteroatoms. The number of rotatable bonds is 4. The van der Waals surface area contributed by atoms with Crippen LogP contribution in [0.15, 0.2) is 24.3 Å². The fourth-order valence-electron chi connectivity index (χ4n) is 2.49. The second kappa shape index (κ2) is 7.25. The zero-order valence-corrected chi connectivity index (χ0v) is 13.7. The van der Waals surface area contributed by atoms with Gasteiger partial charge in [-0.25, -0.2) is 9.59 Å². The van der Waals surface area contributed by atoms with Gasteiger partial charge in [0.25, 0.3) is 5.91 Å². The van der Waals surface area contributed by atoms with Crippen LogP contribution < -0.4 is 14.8 Å². The van der Waals surface area contributed by atoms with Gasteiger partial charge in [-0.05, 0) is 30.7 Å². The maximum absolute atomic E-state index is 12.1. The van der Waals surface area contributed by atoms with Crippen molar-refractivity contribution < 1.29 is 28.6 Å². The Kier molecular flexibility index (Phi) is 4.87. The number of amides is 3. The number of carbonyl (C=O) groups excluding carboxylic acids is 3. The molecule has 0 aliphatic carbocycles. The van der Waals surface area contributed by atoms with E-state index in [-0.39, 0.29) is 6.54 Å². The molecule has 1 aromatic carbocycles. The Balaban J connectivity index is 1.57. The summed E-state index contributed by atoms with van der Waals surface area (Å²) in [4.78, 5) is 36.4. The summed E-state index contributed by atoms with van der Waals surface area (Å²) >= 11 is 0. The van der Waals surface area contributed by atoms with E-state index in [1.165, 1.54) is 13.0 Å². The molecular formula is C17H18N2O6. The molecule has 0 spiro atoms. The minimum Gasteiger partial charge on any atom is -0.486 e. The number of hydrogen-bond acceptors (Lipinski definition) is 6. The van der Waals surface area contributed by atoms with Crippen LogP contribution in [0.1, 0.15) is 12.5 Å². The van der Waals surface area contributed by atoms with Crippen LogP contribution >= 0.6 is 0 Å². The van der Waals surface area contributed by atoms with Crippen LogP contribution in [0, 0.1) is 0 Å². The number of nitrogens with zero attached hydrogens (tertiary/aromatic N) is 1. The molecule has 0 radical (unpaired) electrons. The van der Waals surface area contributed by atoms with E-state index in [2.05, 4.69) is 5.32 Å². The number of esters is 1. The van der Waals surface area contributed by atoms with Crippen LogP contribution in [-0.2, 0) is 14.3 Å². The molecular weight excluding hydrogens is 328 g/mol. The Hall–Kier alpha value is -3.03. The van der Waals surface area contributed by atoms with Crippen molar-refractivity contribution in [3.05, 3.63) is 29.8 Å². The van der Waals surface area contributed by atoms with Gasteiger partial charge in [0.05, 0.1) is 0 Å². The minimum atomic E-state index is -1.04. The van der Waals surface area contributed by atoms with Crippen molar-refractivity contribution in [2.45, 2.75) is 13.0 Å². The van der Waals surface area contributed by atoms with E-state index in [1.807, 2.05) is 0 Å². The van der Waals surface area contributed by atoms with Gasteiger partial charge in [-0.3, -0.25) is 9.69 Å². The lowest BCUT2D eigenvalue weighted by molar-refractivity contribution is -0.153. The van der Waals surface area contributed by atoms with Crippen LogP contribution in [-0.4, -0.2) is 55.2 Å².